The minimum absolute atomic E-state index is 0.769. The van der Waals surface area contributed by atoms with Crippen LogP contribution in [0.25, 0.3) is 0 Å². The molecule has 3 aliphatic rings. The standard InChI is InChI=1S/C18H32O16/c19-1-4-7(22)10(25)12(27)17(31-4)33-14-9(24)6(3-21)30-16(29)15(14)34-18-13(28)11(26)8(23)5(2-20)32-18/h4-29H,1-3H2/t4-,5-,6-,7-,8-,9+,10+,11+,12-,13-,14+,15-,16+,17+,18-/m1/s1. The van der Waals surface area contributed by atoms with Crippen LogP contribution in [0.15, 0.2) is 0 Å². The van der Waals surface area contributed by atoms with E-state index in [2.05, 4.69) is 0 Å². The molecule has 3 fully saturated rings. The zero-order chi connectivity index (χ0) is 25.3. The molecule has 0 radical (unpaired) electrons. The van der Waals surface area contributed by atoms with E-state index in [0.717, 1.165) is 0 Å². The van der Waals surface area contributed by atoms with Crippen LogP contribution in [0.1, 0.15) is 0 Å². The molecule has 0 unspecified atom stereocenters. The second-order valence-electron chi connectivity index (χ2n) is 8.33. The Kier molecular flexibility index (Phi) is 9.54. The van der Waals surface area contributed by atoms with Gasteiger partial charge in [-0.25, -0.2) is 0 Å². The van der Waals surface area contributed by atoms with Gasteiger partial charge in [-0.05, 0) is 0 Å². The molecule has 0 amide bonds. The van der Waals surface area contributed by atoms with Crippen molar-refractivity contribution in [3.8, 4) is 0 Å². The van der Waals surface area contributed by atoms with E-state index in [1.54, 1.807) is 0 Å². The average molecular weight is 504 g/mol. The van der Waals surface area contributed by atoms with E-state index in [1.807, 2.05) is 0 Å². The van der Waals surface area contributed by atoms with Crippen molar-refractivity contribution < 1.29 is 79.9 Å². The Hall–Kier alpha value is -0.640. The Bertz CT molecular complexity index is 637. The molecule has 15 atom stereocenters. The maximum atomic E-state index is 10.6. The summed E-state index contributed by atoms with van der Waals surface area (Å²) in [6.45, 7) is -2.33. The van der Waals surface area contributed by atoms with Gasteiger partial charge in [0.25, 0.3) is 0 Å². The van der Waals surface area contributed by atoms with E-state index in [1.165, 1.54) is 0 Å². The van der Waals surface area contributed by atoms with E-state index in [-0.39, 0.29) is 0 Å². The van der Waals surface area contributed by atoms with Crippen LogP contribution >= 0.6 is 0 Å². The predicted molar refractivity (Wildman–Crippen MR) is 101 cm³/mol. The Morgan fingerprint density at radius 1 is 0.441 bits per heavy atom. The van der Waals surface area contributed by atoms with Crippen molar-refractivity contribution in [1.82, 2.24) is 0 Å². The van der Waals surface area contributed by atoms with Gasteiger partial charge < -0.3 is 79.9 Å². The molecule has 3 heterocycles. The van der Waals surface area contributed by atoms with Gasteiger partial charge in [0.2, 0.25) is 0 Å². The van der Waals surface area contributed by atoms with Gasteiger partial charge in [-0.1, -0.05) is 0 Å². The molecule has 0 spiro atoms. The maximum absolute atomic E-state index is 10.6. The molecule has 3 rings (SSSR count). The van der Waals surface area contributed by atoms with Crippen molar-refractivity contribution in [1.29, 1.82) is 0 Å². The molecule has 0 saturated carbocycles. The molecule has 16 heteroatoms. The number of aliphatic hydroxyl groups is 11. The summed E-state index contributed by atoms with van der Waals surface area (Å²) in [5.41, 5.74) is 0. The van der Waals surface area contributed by atoms with Crippen LogP contribution in [0.3, 0.4) is 0 Å². The summed E-state index contributed by atoms with van der Waals surface area (Å²) in [4.78, 5) is 0. The highest BCUT2D eigenvalue weighted by Crippen LogP contribution is 2.32. The second-order valence-corrected chi connectivity index (χ2v) is 8.33. The molecule has 16 nitrogen and oxygen atoms in total. The van der Waals surface area contributed by atoms with Gasteiger partial charge >= 0.3 is 0 Å². The first kappa shape index (κ1) is 27.9. The smallest absolute Gasteiger partial charge is 0.187 e. The van der Waals surface area contributed by atoms with Gasteiger partial charge in [0.1, 0.15) is 73.2 Å². The van der Waals surface area contributed by atoms with E-state index in [0.29, 0.717) is 0 Å². The zero-order valence-electron chi connectivity index (χ0n) is 17.7. The monoisotopic (exact) mass is 504 g/mol. The van der Waals surface area contributed by atoms with Crippen molar-refractivity contribution in [3.63, 3.8) is 0 Å². The van der Waals surface area contributed by atoms with Crippen LogP contribution in [-0.2, 0) is 23.7 Å². The van der Waals surface area contributed by atoms with Crippen LogP contribution in [0.2, 0.25) is 0 Å². The summed E-state index contributed by atoms with van der Waals surface area (Å²) >= 11 is 0. The molecule has 3 saturated heterocycles. The second kappa shape index (κ2) is 11.6. The topological polar surface area (TPSA) is 269 Å². The fourth-order valence-corrected chi connectivity index (χ4v) is 4.03. The molecule has 0 bridgehead atoms. The number of aliphatic hydroxyl groups excluding tert-OH is 11. The zero-order valence-corrected chi connectivity index (χ0v) is 17.7. The minimum atomic E-state index is -1.94. The van der Waals surface area contributed by atoms with Crippen molar-refractivity contribution in [2.75, 3.05) is 19.8 Å². The molecule has 0 aromatic rings. The lowest BCUT2D eigenvalue weighted by Gasteiger charge is -2.48. The Morgan fingerprint density at radius 2 is 0.824 bits per heavy atom. The summed E-state index contributed by atoms with van der Waals surface area (Å²) in [5, 5.41) is 109. The largest absolute Gasteiger partial charge is 0.394 e. The van der Waals surface area contributed by atoms with Gasteiger partial charge in [-0.15, -0.1) is 0 Å². The van der Waals surface area contributed by atoms with Gasteiger partial charge in [-0.2, -0.15) is 0 Å². The molecule has 11 N–H and O–H groups in total. The molecule has 0 aliphatic carbocycles. The molecule has 34 heavy (non-hydrogen) atoms. The summed E-state index contributed by atoms with van der Waals surface area (Å²) < 4.78 is 26.5. The fraction of sp³-hybridized carbons (Fsp3) is 1.00. The normalized spacial score (nSPS) is 52.5. The SMILES string of the molecule is OC[C@H]1O[C@H](O)[C@H](O[C@H]2O[C@H](CO)[C@@H](O)[C@H](O)[C@H]2O)[C@@H](O[C@@H]2O[C@H](CO)[C@@H](O)[C@H](O)[C@H]2O)[C@H]1O. The van der Waals surface area contributed by atoms with Gasteiger partial charge in [0, 0.05) is 0 Å². The number of ether oxygens (including phenoxy) is 5. The first-order valence-corrected chi connectivity index (χ1v) is 10.6. The van der Waals surface area contributed by atoms with Gasteiger partial charge in [0.15, 0.2) is 18.9 Å². The lowest BCUT2D eigenvalue weighted by Crippen LogP contribution is -2.67. The quantitative estimate of drug-likeness (QED) is 0.154. The third-order valence-electron chi connectivity index (χ3n) is 6.10. The van der Waals surface area contributed by atoms with Crippen molar-refractivity contribution in [2.45, 2.75) is 92.1 Å². The van der Waals surface area contributed by atoms with Crippen molar-refractivity contribution in [3.05, 3.63) is 0 Å². The fourth-order valence-electron chi connectivity index (χ4n) is 4.03. The molecule has 3 aliphatic heterocycles. The van der Waals surface area contributed by atoms with Crippen LogP contribution in [-0.4, -0.2) is 168 Å². The van der Waals surface area contributed by atoms with Gasteiger partial charge in [0.05, 0.1) is 19.8 Å². The van der Waals surface area contributed by atoms with Crippen molar-refractivity contribution >= 4 is 0 Å². The highest BCUT2D eigenvalue weighted by molar-refractivity contribution is 4.96. The maximum Gasteiger partial charge on any atom is 0.187 e. The molecule has 0 aromatic carbocycles. The van der Waals surface area contributed by atoms with E-state index in [9.17, 15) is 56.2 Å². The van der Waals surface area contributed by atoms with Gasteiger partial charge in [-0.3, -0.25) is 0 Å². The Labute approximate surface area is 192 Å². The molecule has 200 valence electrons. The Morgan fingerprint density at radius 3 is 1.24 bits per heavy atom. The van der Waals surface area contributed by atoms with Crippen LogP contribution in [0.4, 0.5) is 0 Å². The average Bonchev–Trinajstić information content (AvgIpc) is 2.83. The van der Waals surface area contributed by atoms with Crippen LogP contribution in [0, 0.1) is 0 Å². The van der Waals surface area contributed by atoms with E-state index >= 15 is 0 Å². The summed E-state index contributed by atoms with van der Waals surface area (Å²) in [6.07, 6.45) is -25.6. The van der Waals surface area contributed by atoms with Crippen molar-refractivity contribution in [2.24, 2.45) is 0 Å². The highest BCUT2D eigenvalue weighted by Gasteiger charge is 2.53. The first-order chi connectivity index (χ1) is 16.0. The summed E-state index contributed by atoms with van der Waals surface area (Å²) in [7, 11) is 0. The number of hydrogen-bond donors (Lipinski definition) is 11. The molecular weight excluding hydrogens is 472 g/mol. The predicted octanol–water partition coefficient (Wildman–Crippen LogP) is -7.57. The van der Waals surface area contributed by atoms with E-state index in [4.69, 9.17) is 23.7 Å². The third-order valence-corrected chi connectivity index (χ3v) is 6.10. The Balaban J connectivity index is 1.83. The number of rotatable bonds is 7. The van der Waals surface area contributed by atoms with E-state index < -0.39 is 112 Å². The summed E-state index contributed by atoms with van der Waals surface area (Å²) in [6, 6.07) is 0. The lowest BCUT2D eigenvalue weighted by molar-refractivity contribution is -0.387. The summed E-state index contributed by atoms with van der Waals surface area (Å²) in [5.74, 6) is 0. The lowest BCUT2D eigenvalue weighted by atomic mass is 9.96. The molecule has 0 aromatic heterocycles. The highest BCUT2D eigenvalue weighted by atomic mass is 16.8. The van der Waals surface area contributed by atoms with Crippen LogP contribution in [0.5, 0.6) is 0 Å². The first-order valence-electron chi connectivity index (χ1n) is 10.6. The minimum Gasteiger partial charge on any atom is -0.394 e. The number of hydrogen-bond acceptors (Lipinski definition) is 16. The van der Waals surface area contributed by atoms with Crippen LogP contribution < -0.4 is 0 Å². The molecular formula is C18H32O16. The third kappa shape index (κ3) is 5.37.